The molecule has 2 atom stereocenters. The van der Waals surface area contributed by atoms with Crippen molar-refractivity contribution in [2.45, 2.75) is 165 Å². The van der Waals surface area contributed by atoms with Crippen molar-refractivity contribution in [1.82, 2.24) is 4.44 Å². The zero-order valence-electron chi connectivity index (χ0n) is 41.6. The quantitative estimate of drug-likeness (QED) is 0.0265. The molecule has 0 radical (unpaired) electrons. The molecule has 0 fully saturated rings. The van der Waals surface area contributed by atoms with Crippen LogP contribution in [0, 0.1) is 0 Å². The molecule has 2 nitrogen and oxygen atoms in total. The lowest BCUT2D eigenvalue weighted by Gasteiger charge is -2.33. The Bertz CT molecular complexity index is 2170. The van der Waals surface area contributed by atoms with Crippen LogP contribution < -0.4 is 21.0 Å². The largest absolute Gasteiger partial charge is 0.294 e. The first-order valence-corrected chi connectivity index (χ1v) is 35.2. The van der Waals surface area contributed by atoms with Crippen molar-refractivity contribution in [2.75, 3.05) is 0 Å². The van der Waals surface area contributed by atoms with Crippen molar-refractivity contribution in [3.8, 4) is 22.3 Å². The summed E-state index contributed by atoms with van der Waals surface area (Å²) in [6, 6.07) is 39.7. The van der Waals surface area contributed by atoms with Crippen LogP contribution in [-0.4, -0.2) is 26.5 Å². The van der Waals surface area contributed by atoms with Gasteiger partial charge in [0.2, 0.25) is 22.4 Å². The summed E-state index contributed by atoms with van der Waals surface area (Å²) in [6.45, 7) is 13.3. The highest BCUT2D eigenvalue weighted by atomic mass is 32.3. The number of nitrogens with zero attached hydrogens (tertiary/aromatic N) is 1. The number of amides is 1. The van der Waals surface area contributed by atoms with E-state index in [-0.39, 0.29) is 27.3 Å². The molecule has 14 heteroatoms. The minimum Gasteiger partial charge on any atom is -0.294 e. The lowest BCUT2D eigenvalue weighted by atomic mass is 10.1. The Balaban J connectivity index is 1.60. The normalized spacial score (nSPS) is 13.2. The van der Waals surface area contributed by atoms with Crippen LogP contribution in [0.15, 0.2) is 125 Å². The third-order valence-electron chi connectivity index (χ3n) is 13.9. The van der Waals surface area contributed by atoms with Crippen LogP contribution in [0.3, 0.4) is 0 Å². The fourth-order valence-corrected chi connectivity index (χ4v) is 26.3. The molecular formula is C55H75F6NOP2S2Si2. The topological polar surface area (TPSA) is 20.3 Å². The van der Waals surface area contributed by atoms with Crippen molar-refractivity contribution in [3.63, 3.8) is 0 Å². The van der Waals surface area contributed by atoms with Gasteiger partial charge in [-0.25, -0.2) is 0 Å². The SMILES string of the molecule is CCCC[Si](CCCC)(CCCC)c1ccc(-c2cccc(PN(Pc3cccc(-c4ccc([Si](CCCC)(CCCC)CCCC)cc4)c3S(F)(F)F)C(=O)c3ccccc3)c2S(F)(F)F)cc1. The zero-order chi connectivity index (χ0) is 50.1. The highest BCUT2D eigenvalue weighted by molar-refractivity contribution is 8.21. The molecule has 1 amide bonds. The Morgan fingerprint density at radius 3 is 1.04 bits per heavy atom. The Morgan fingerprint density at radius 2 is 0.754 bits per heavy atom. The van der Waals surface area contributed by atoms with E-state index in [1.807, 2.05) is 24.3 Å². The van der Waals surface area contributed by atoms with Gasteiger partial charge in [-0.15, -0.1) is 23.3 Å². The molecule has 69 heavy (non-hydrogen) atoms. The predicted molar refractivity (Wildman–Crippen MR) is 300 cm³/mol. The second kappa shape index (κ2) is 27.3. The second-order valence-electron chi connectivity index (χ2n) is 18.7. The van der Waals surface area contributed by atoms with E-state index in [9.17, 15) is 4.79 Å². The van der Waals surface area contributed by atoms with E-state index >= 15 is 23.3 Å². The van der Waals surface area contributed by atoms with Crippen molar-refractivity contribution in [3.05, 3.63) is 121 Å². The van der Waals surface area contributed by atoms with Crippen molar-refractivity contribution in [1.29, 1.82) is 0 Å². The number of hydrogen-bond donors (Lipinski definition) is 0. The molecule has 0 heterocycles. The molecular weight excluding hydrogens is 987 g/mol. The summed E-state index contributed by atoms with van der Waals surface area (Å²) in [4.78, 5) is 12.9. The summed E-state index contributed by atoms with van der Waals surface area (Å²) >= 11 is -11.8. The van der Waals surface area contributed by atoms with E-state index < -0.39 is 71.7 Å². The van der Waals surface area contributed by atoms with Crippen molar-refractivity contribution in [2.24, 2.45) is 0 Å². The molecule has 5 aromatic rings. The summed E-state index contributed by atoms with van der Waals surface area (Å²) in [5.41, 5.74) is 1.15. The van der Waals surface area contributed by atoms with E-state index in [0.717, 1.165) is 113 Å². The highest BCUT2D eigenvalue weighted by Gasteiger charge is 2.38. The summed E-state index contributed by atoms with van der Waals surface area (Å²) < 4.78 is 95.3. The molecule has 0 aliphatic carbocycles. The number of carbonyl (C=O) groups is 1. The van der Waals surface area contributed by atoms with Crippen LogP contribution in [0.25, 0.3) is 22.3 Å². The van der Waals surface area contributed by atoms with Crippen LogP contribution >= 0.6 is 39.8 Å². The zero-order valence-corrected chi connectivity index (χ0v) is 47.3. The average Bonchev–Trinajstić information content (AvgIpc) is 3.35. The monoisotopic (exact) mass is 1060 g/mol. The van der Waals surface area contributed by atoms with Gasteiger partial charge in [0, 0.05) is 44.8 Å². The predicted octanol–water partition coefficient (Wildman–Crippen LogP) is 19.0. The third-order valence-corrected chi connectivity index (χ3v) is 29.8. The molecule has 0 aromatic heterocycles. The molecule has 0 bridgehead atoms. The number of carbonyl (C=O) groups excluding carboxylic acids is 1. The van der Waals surface area contributed by atoms with E-state index in [4.69, 9.17) is 0 Å². The Kier molecular flexibility index (Phi) is 22.5. The minimum absolute atomic E-state index is 0.0319. The first-order valence-electron chi connectivity index (χ1n) is 25.4. The standard InChI is InChI=1S/C55H75F6NOP2S2Si2/c1-7-13-38-68(39-14-8-2,40-15-9-3)47-34-30-44(31-35-47)49-26-22-28-51(53(49)66(56,57)58)64-62(55(63)46-24-20-19-21-25-46)65-52-29-23-27-50(54(52)67(59,60)61)45-32-36-48(37-33-45)69(41-16-10-4,42-17-11-5)43-18-12-6/h19-37,64-65H,7-18,38-43H2,1-6H3. The molecule has 0 saturated heterocycles. The van der Waals surface area contributed by atoms with Crippen LogP contribution in [0.2, 0.25) is 36.3 Å². The molecule has 0 N–H and O–H groups in total. The molecule has 0 spiro atoms. The summed E-state index contributed by atoms with van der Waals surface area (Å²) in [5.74, 6) is -0.622. The average molecular weight is 1060 g/mol. The van der Waals surface area contributed by atoms with Crippen molar-refractivity contribution >= 4 is 82.9 Å². The number of unbranched alkanes of at least 4 members (excludes halogenated alkanes) is 6. The van der Waals surface area contributed by atoms with Crippen molar-refractivity contribution < 1.29 is 28.1 Å². The number of benzene rings is 5. The lowest BCUT2D eigenvalue weighted by molar-refractivity contribution is 0.0930. The van der Waals surface area contributed by atoms with Gasteiger partial charge in [-0.05, 0) is 23.3 Å². The van der Waals surface area contributed by atoms with E-state index in [1.165, 1.54) is 39.1 Å². The minimum atomic E-state index is -5.89. The number of halogens is 6. The molecule has 2 unspecified atom stereocenters. The molecule has 0 aliphatic rings. The Morgan fingerprint density at radius 1 is 0.435 bits per heavy atom. The molecule has 0 aliphatic heterocycles. The van der Waals surface area contributed by atoms with Gasteiger partial charge in [-0.3, -0.25) is 9.24 Å². The van der Waals surface area contributed by atoms with Gasteiger partial charge in [-0.1, -0.05) is 268 Å². The lowest BCUT2D eigenvalue weighted by Crippen LogP contribution is -2.47. The van der Waals surface area contributed by atoms with Crippen LogP contribution in [0.1, 0.15) is 129 Å². The van der Waals surface area contributed by atoms with Gasteiger partial charge in [-0.2, -0.15) is 0 Å². The van der Waals surface area contributed by atoms with Gasteiger partial charge < -0.3 is 0 Å². The Hall–Kier alpha value is -2.86. The second-order valence-corrected chi connectivity index (χ2v) is 33.3. The highest BCUT2D eigenvalue weighted by Crippen LogP contribution is 2.65. The summed E-state index contributed by atoms with van der Waals surface area (Å²) in [6.07, 6.45) is 13.4. The van der Waals surface area contributed by atoms with E-state index in [2.05, 4.69) is 65.8 Å². The van der Waals surface area contributed by atoms with Gasteiger partial charge >= 0.3 is 0 Å². The molecule has 0 saturated carbocycles. The molecule has 5 aromatic carbocycles. The third kappa shape index (κ3) is 15.1. The fraction of sp³-hybridized carbons (Fsp3) is 0.436. The summed E-state index contributed by atoms with van der Waals surface area (Å²) in [5, 5.41) is 2.37. The Labute approximate surface area is 420 Å². The van der Waals surface area contributed by atoms with Crippen LogP contribution in [0.4, 0.5) is 23.3 Å². The number of rotatable bonds is 29. The maximum absolute atomic E-state index is 15.7. The fourth-order valence-electron chi connectivity index (χ4n) is 10.00. The maximum Gasteiger partial charge on any atom is 0.260 e. The summed E-state index contributed by atoms with van der Waals surface area (Å²) in [7, 11) is -5.63. The number of hydrogen-bond acceptors (Lipinski definition) is 1. The van der Waals surface area contributed by atoms with E-state index in [1.54, 1.807) is 42.5 Å². The first-order chi connectivity index (χ1) is 33.1. The maximum atomic E-state index is 15.7. The first kappa shape index (κ1) is 57.1. The smallest absolute Gasteiger partial charge is 0.260 e. The van der Waals surface area contributed by atoms with Crippen LogP contribution in [-0.2, 0) is 0 Å². The van der Waals surface area contributed by atoms with Gasteiger partial charge in [0.05, 0.1) is 25.9 Å². The van der Waals surface area contributed by atoms with Gasteiger partial charge in [0.15, 0.2) is 0 Å². The van der Waals surface area contributed by atoms with Crippen LogP contribution in [0.5, 0.6) is 0 Å². The molecule has 378 valence electrons. The molecule has 5 rings (SSSR count). The van der Waals surface area contributed by atoms with Gasteiger partial charge in [0.1, 0.15) is 0 Å². The van der Waals surface area contributed by atoms with E-state index in [0.29, 0.717) is 11.1 Å². The van der Waals surface area contributed by atoms with Gasteiger partial charge in [0.25, 0.3) is 5.91 Å².